The third kappa shape index (κ3) is 7.35. The number of hydrogen-bond donors (Lipinski definition) is 3. The smallest absolute Gasteiger partial charge is 0.184 e. The van der Waals surface area contributed by atoms with E-state index in [2.05, 4.69) is 20.4 Å². The molecular weight excluding hydrogens is 524 g/mol. The lowest BCUT2D eigenvalue weighted by atomic mass is 9.73. The fourth-order valence-corrected chi connectivity index (χ4v) is 6.92. The Morgan fingerprint density at radius 3 is 2.12 bits per heavy atom. The molecule has 1 aromatic rings. The van der Waals surface area contributed by atoms with Gasteiger partial charge in [0.2, 0.25) is 0 Å². The molecule has 2 saturated heterocycles. The third-order valence-corrected chi connectivity index (χ3v) is 9.20. The molecule has 8 nitrogen and oxygen atoms in total. The van der Waals surface area contributed by atoms with Crippen LogP contribution in [0.2, 0.25) is 0 Å². The van der Waals surface area contributed by atoms with Crippen LogP contribution in [0, 0.1) is 23.7 Å². The number of hydrogen-bond acceptors (Lipinski definition) is 8. The maximum Gasteiger partial charge on any atom is 0.184 e. The van der Waals surface area contributed by atoms with Crippen molar-refractivity contribution in [1.29, 1.82) is 0 Å². The number of ether oxygens (including phenoxy) is 5. The molecule has 234 valence electrons. The second-order valence-corrected chi connectivity index (χ2v) is 13.3. The Bertz CT molecular complexity index is 989. The van der Waals surface area contributed by atoms with Gasteiger partial charge in [0.15, 0.2) is 12.1 Å². The first kappa shape index (κ1) is 34.0. The van der Waals surface area contributed by atoms with Gasteiger partial charge in [-0.05, 0) is 58.6 Å². The number of benzene rings is 1. The zero-order valence-corrected chi connectivity index (χ0v) is 26.7. The van der Waals surface area contributed by atoms with Crippen LogP contribution in [0.25, 0.3) is 0 Å². The Kier molecular flexibility index (Phi) is 10.8. The summed E-state index contributed by atoms with van der Waals surface area (Å²) in [6.45, 7) is 21.1. The maximum atomic E-state index is 12.0. The molecule has 0 amide bonds. The van der Waals surface area contributed by atoms with E-state index < -0.39 is 47.7 Å². The quantitative estimate of drug-likeness (QED) is 0.300. The summed E-state index contributed by atoms with van der Waals surface area (Å²) in [6, 6.07) is 7.42. The minimum atomic E-state index is -1.51. The second-order valence-electron chi connectivity index (χ2n) is 13.3. The first-order valence-electron chi connectivity index (χ1n) is 15.0. The van der Waals surface area contributed by atoms with E-state index in [0.29, 0.717) is 18.6 Å². The largest absolute Gasteiger partial charge is 0.497 e. The van der Waals surface area contributed by atoms with Gasteiger partial charge < -0.3 is 39.0 Å². The van der Waals surface area contributed by atoms with Gasteiger partial charge in [0.05, 0.1) is 43.2 Å². The lowest BCUT2D eigenvalue weighted by molar-refractivity contribution is -0.352. The molecular formula is C33H54O8. The van der Waals surface area contributed by atoms with E-state index in [0.717, 1.165) is 5.56 Å². The molecule has 1 unspecified atom stereocenters. The number of rotatable bonds is 11. The Balaban J connectivity index is 1.92. The van der Waals surface area contributed by atoms with Gasteiger partial charge in [0, 0.05) is 23.3 Å². The van der Waals surface area contributed by atoms with Gasteiger partial charge in [-0.2, -0.15) is 0 Å². The molecule has 2 aliphatic rings. The van der Waals surface area contributed by atoms with E-state index >= 15 is 0 Å². The lowest BCUT2D eigenvalue weighted by Gasteiger charge is -2.52. The Morgan fingerprint density at radius 1 is 1.00 bits per heavy atom. The van der Waals surface area contributed by atoms with Crippen LogP contribution in [0.3, 0.4) is 0 Å². The highest BCUT2D eigenvalue weighted by atomic mass is 16.7. The highest BCUT2D eigenvalue weighted by molar-refractivity contribution is 5.28. The maximum absolute atomic E-state index is 12.0. The fourth-order valence-electron chi connectivity index (χ4n) is 6.92. The zero-order valence-electron chi connectivity index (χ0n) is 26.7. The number of aliphatic hydroxyl groups excluding tert-OH is 1. The van der Waals surface area contributed by atoms with E-state index in [-0.39, 0.29) is 29.8 Å². The second kappa shape index (κ2) is 13.0. The molecule has 0 spiro atoms. The van der Waals surface area contributed by atoms with Crippen LogP contribution in [0.5, 0.6) is 5.75 Å². The third-order valence-electron chi connectivity index (χ3n) is 9.20. The summed E-state index contributed by atoms with van der Waals surface area (Å²) in [5.74, 6) is -0.605. The average Bonchev–Trinajstić information content (AvgIpc) is 2.92. The van der Waals surface area contributed by atoms with Gasteiger partial charge >= 0.3 is 0 Å². The molecule has 8 heteroatoms. The minimum Gasteiger partial charge on any atom is -0.497 e. The van der Waals surface area contributed by atoms with Crippen molar-refractivity contribution in [3.63, 3.8) is 0 Å². The predicted molar refractivity (Wildman–Crippen MR) is 158 cm³/mol. The van der Waals surface area contributed by atoms with Crippen LogP contribution in [0.4, 0.5) is 0 Å². The molecule has 0 aromatic heterocycles. The summed E-state index contributed by atoms with van der Waals surface area (Å²) in [5.41, 5.74) is -1.95. The van der Waals surface area contributed by atoms with Crippen molar-refractivity contribution in [3.05, 3.63) is 42.5 Å². The normalized spacial score (nSPS) is 35.4. The van der Waals surface area contributed by atoms with E-state index in [1.165, 1.54) is 0 Å². The first-order chi connectivity index (χ1) is 19.0. The molecule has 2 fully saturated rings. The van der Waals surface area contributed by atoms with Crippen molar-refractivity contribution in [2.24, 2.45) is 23.7 Å². The topological polar surface area (TPSA) is 107 Å². The highest BCUT2D eigenvalue weighted by Gasteiger charge is 2.53. The van der Waals surface area contributed by atoms with Crippen molar-refractivity contribution in [3.8, 4) is 5.75 Å². The van der Waals surface area contributed by atoms with Crippen LogP contribution < -0.4 is 4.74 Å². The first-order valence-corrected chi connectivity index (χ1v) is 15.0. The van der Waals surface area contributed by atoms with Crippen molar-refractivity contribution in [2.45, 2.75) is 129 Å². The van der Waals surface area contributed by atoms with E-state index in [1.807, 2.05) is 71.9 Å². The Labute approximate surface area is 247 Å². The molecule has 2 heterocycles. The van der Waals surface area contributed by atoms with Gasteiger partial charge in [0.1, 0.15) is 11.4 Å². The predicted octanol–water partition coefficient (Wildman–Crippen LogP) is 5.39. The average molecular weight is 579 g/mol. The Morgan fingerprint density at radius 2 is 1.59 bits per heavy atom. The summed E-state index contributed by atoms with van der Waals surface area (Å²) >= 11 is 0. The summed E-state index contributed by atoms with van der Waals surface area (Å²) in [7, 11) is 1.61. The number of aliphatic hydroxyl groups is 3. The van der Waals surface area contributed by atoms with Gasteiger partial charge in [-0.15, -0.1) is 6.58 Å². The molecule has 0 aliphatic carbocycles. The van der Waals surface area contributed by atoms with Crippen LogP contribution >= 0.6 is 0 Å². The van der Waals surface area contributed by atoms with Crippen LogP contribution in [0.1, 0.15) is 87.0 Å². The van der Waals surface area contributed by atoms with Gasteiger partial charge in [-0.1, -0.05) is 52.8 Å². The zero-order chi connectivity index (χ0) is 30.9. The summed E-state index contributed by atoms with van der Waals surface area (Å²) < 4.78 is 30.9. The standard InChI is InChI=1S/C33H54O8/c1-12-19(3)27-22(6)28(41-31(7,8)40-27)32(9,35)18-20(4)26-21(5)29(33(10,36)25(34)13-2)39-30(38-26)23-14-16-24(37-11)17-15-23/h12,14-17,19-22,25-30,34-36H,1,13,18H2,2-11H3/t19-,20+,21-,22-,25+,26-,27+,28+,29+,30?,32+,33+/m0/s1. The highest BCUT2D eigenvalue weighted by Crippen LogP contribution is 2.45. The van der Waals surface area contributed by atoms with Crippen molar-refractivity contribution in [2.75, 3.05) is 7.11 Å². The molecule has 12 atom stereocenters. The molecule has 3 N–H and O–H groups in total. The van der Waals surface area contributed by atoms with Gasteiger partial charge in [-0.3, -0.25) is 0 Å². The van der Waals surface area contributed by atoms with E-state index in [1.54, 1.807) is 14.0 Å². The molecule has 1 aromatic carbocycles. The molecule has 0 bridgehead atoms. The molecule has 3 rings (SSSR count). The minimum absolute atomic E-state index is 0.0842. The molecule has 0 radical (unpaired) electrons. The van der Waals surface area contributed by atoms with Gasteiger partial charge in [-0.25, -0.2) is 0 Å². The molecule has 0 saturated carbocycles. The van der Waals surface area contributed by atoms with Crippen molar-refractivity contribution < 1.29 is 39.0 Å². The summed E-state index contributed by atoms with van der Waals surface area (Å²) in [5, 5.41) is 34.3. The van der Waals surface area contributed by atoms with Crippen LogP contribution in [0.15, 0.2) is 36.9 Å². The van der Waals surface area contributed by atoms with E-state index in [9.17, 15) is 15.3 Å². The monoisotopic (exact) mass is 578 g/mol. The fraction of sp³-hybridized carbons (Fsp3) is 0.758. The van der Waals surface area contributed by atoms with E-state index in [4.69, 9.17) is 23.7 Å². The lowest BCUT2D eigenvalue weighted by Crippen LogP contribution is -2.61. The molecule has 2 aliphatic heterocycles. The summed E-state index contributed by atoms with van der Waals surface area (Å²) in [4.78, 5) is 0. The Hall–Kier alpha value is -1.52. The van der Waals surface area contributed by atoms with Crippen molar-refractivity contribution >= 4 is 0 Å². The van der Waals surface area contributed by atoms with Crippen LogP contribution in [-0.2, 0) is 18.9 Å². The molecule has 41 heavy (non-hydrogen) atoms. The van der Waals surface area contributed by atoms with Gasteiger partial charge in [0.25, 0.3) is 0 Å². The summed E-state index contributed by atoms with van der Waals surface area (Å²) in [6.07, 6.45) is -0.879. The number of methoxy groups -OCH3 is 1. The van der Waals surface area contributed by atoms with Crippen LogP contribution in [-0.4, -0.2) is 69.9 Å². The SMILES string of the molecule is C=C[C@H](C)[C@H]1OC(C)(C)O[C@@H]([C@](C)(O)C[C@@H](C)[C@@H]2OC(c3ccc(OC)cc3)O[C@@H]([C@](C)(O)[C@H](O)CC)[C@H]2C)[C@H]1C. The van der Waals surface area contributed by atoms with Crippen molar-refractivity contribution in [1.82, 2.24) is 0 Å².